The molecule has 0 radical (unpaired) electrons. The molecule has 7 heteroatoms. The number of carbonyl (C=O) groups is 1. The van der Waals surface area contributed by atoms with E-state index in [1.807, 2.05) is 49.7 Å². The summed E-state index contributed by atoms with van der Waals surface area (Å²) in [5.74, 6) is 0.615. The first kappa shape index (κ1) is 17.4. The average molecular weight is 314 g/mol. The molecular formula is C14H24ClN5O. The van der Waals surface area contributed by atoms with Gasteiger partial charge in [-0.3, -0.25) is 4.79 Å². The molecular weight excluding hydrogens is 290 g/mol. The van der Waals surface area contributed by atoms with Gasteiger partial charge in [0.1, 0.15) is 6.54 Å². The van der Waals surface area contributed by atoms with E-state index in [0.29, 0.717) is 24.1 Å². The van der Waals surface area contributed by atoms with Crippen molar-refractivity contribution < 1.29 is 4.79 Å². The number of nitrogens with one attached hydrogen (secondary N) is 2. The maximum atomic E-state index is 11.5. The Kier molecular flexibility index (Phi) is 7.08. The van der Waals surface area contributed by atoms with Crippen LogP contribution in [0.15, 0.2) is 17.3 Å². The Balaban J connectivity index is 2.72. The second kappa shape index (κ2) is 8.56. The molecule has 118 valence electrons. The molecule has 21 heavy (non-hydrogen) atoms. The normalized spacial score (nSPS) is 11.4. The van der Waals surface area contributed by atoms with Crippen molar-refractivity contribution in [3.63, 3.8) is 0 Å². The molecule has 0 saturated heterocycles. The van der Waals surface area contributed by atoms with Gasteiger partial charge >= 0.3 is 0 Å². The quantitative estimate of drug-likeness (QED) is 0.613. The molecule has 0 aliphatic carbocycles. The van der Waals surface area contributed by atoms with Crippen LogP contribution in [-0.4, -0.2) is 48.0 Å². The van der Waals surface area contributed by atoms with Crippen molar-refractivity contribution in [1.29, 1.82) is 0 Å². The number of rotatable bonds is 6. The van der Waals surface area contributed by atoms with Crippen LogP contribution >= 0.6 is 11.6 Å². The van der Waals surface area contributed by atoms with Gasteiger partial charge in [0, 0.05) is 39.1 Å². The summed E-state index contributed by atoms with van der Waals surface area (Å²) in [5, 5.41) is 6.62. The number of halogens is 1. The summed E-state index contributed by atoms with van der Waals surface area (Å²) in [5.41, 5.74) is 1.08. The zero-order chi connectivity index (χ0) is 15.8. The Bertz CT molecular complexity index is 498. The van der Waals surface area contributed by atoms with Crippen LogP contribution in [0.5, 0.6) is 0 Å². The van der Waals surface area contributed by atoms with Crippen molar-refractivity contribution in [2.45, 2.75) is 20.4 Å². The summed E-state index contributed by atoms with van der Waals surface area (Å²) in [6, 6.07) is 1.92. The van der Waals surface area contributed by atoms with Gasteiger partial charge in [0.15, 0.2) is 5.96 Å². The van der Waals surface area contributed by atoms with Crippen LogP contribution in [0, 0.1) is 0 Å². The van der Waals surface area contributed by atoms with Crippen molar-refractivity contribution >= 4 is 23.5 Å². The molecule has 2 N–H and O–H groups in total. The van der Waals surface area contributed by atoms with E-state index in [1.54, 1.807) is 0 Å². The molecule has 1 aromatic rings. The highest BCUT2D eigenvalue weighted by Gasteiger charge is 2.10. The summed E-state index contributed by atoms with van der Waals surface area (Å²) in [4.78, 5) is 17.8. The smallest absolute Gasteiger partial charge is 0.241 e. The minimum absolute atomic E-state index is 0.0804. The number of hydrogen-bond donors (Lipinski definition) is 2. The van der Waals surface area contributed by atoms with E-state index in [4.69, 9.17) is 11.6 Å². The Morgan fingerprint density at radius 1 is 1.38 bits per heavy atom. The lowest BCUT2D eigenvalue weighted by molar-refractivity contribution is -0.119. The molecule has 0 aliphatic heterocycles. The second-order valence-corrected chi connectivity index (χ2v) is 5.18. The summed E-state index contributed by atoms with van der Waals surface area (Å²) >= 11 is 5.99. The first-order chi connectivity index (χ1) is 9.97. The van der Waals surface area contributed by atoms with Gasteiger partial charge in [0.05, 0.1) is 11.6 Å². The third-order valence-electron chi connectivity index (χ3n) is 2.92. The maximum Gasteiger partial charge on any atom is 0.241 e. The van der Waals surface area contributed by atoms with Crippen LogP contribution < -0.4 is 10.6 Å². The fourth-order valence-electron chi connectivity index (χ4n) is 1.91. The highest BCUT2D eigenvalue weighted by molar-refractivity contribution is 6.30. The van der Waals surface area contributed by atoms with E-state index < -0.39 is 0 Å². The molecule has 0 fully saturated rings. The minimum Gasteiger partial charge on any atom is -0.357 e. The van der Waals surface area contributed by atoms with Crippen LogP contribution in [0.2, 0.25) is 5.02 Å². The summed E-state index contributed by atoms with van der Waals surface area (Å²) in [6.45, 7) is 6.01. The zero-order valence-corrected chi connectivity index (χ0v) is 13.9. The van der Waals surface area contributed by atoms with Gasteiger partial charge in [-0.1, -0.05) is 11.6 Å². The second-order valence-electron chi connectivity index (χ2n) is 4.74. The minimum atomic E-state index is -0.0804. The van der Waals surface area contributed by atoms with Crippen molar-refractivity contribution in [3.8, 4) is 0 Å². The molecule has 0 unspecified atom stereocenters. The Morgan fingerprint density at radius 2 is 2.05 bits per heavy atom. The number of aliphatic imine (C=N–C) groups is 1. The SMILES string of the molecule is CCNC(=O)CN=C(NCC)N(C)Cc1cc(Cl)cn1C. The van der Waals surface area contributed by atoms with Crippen molar-refractivity contribution in [1.82, 2.24) is 20.1 Å². The van der Waals surface area contributed by atoms with Crippen LogP contribution in [0.1, 0.15) is 19.5 Å². The van der Waals surface area contributed by atoms with Crippen LogP contribution in [-0.2, 0) is 18.4 Å². The van der Waals surface area contributed by atoms with E-state index in [9.17, 15) is 4.79 Å². The lowest BCUT2D eigenvalue weighted by Crippen LogP contribution is -2.39. The number of guanidine groups is 1. The van der Waals surface area contributed by atoms with Crippen molar-refractivity contribution in [3.05, 3.63) is 23.0 Å². The summed E-state index contributed by atoms with van der Waals surface area (Å²) in [6.07, 6.45) is 1.86. The average Bonchev–Trinajstić information content (AvgIpc) is 2.73. The first-order valence-electron chi connectivity index (χ1n) is 7.04. The van der Waals surface area contributed by atoms with E-state index in [2.05, 4.69) is 15.6 Å². The number of amides is 1. The molecule has 0 saturated carbocycles. The largest absolute Gasteiger partial charge is 0.357 e. The van der Waals surface area contributed by atoms with Crippen molar-refractivity contribution in [2.24, 2.45) is 12.0 Å². The van der Waals surface area contributed by atoms with Crippen LogP contribution in [0.25, 0.3) is 0 Å². The molecule has 1 rings (SSSR count). The van der Waals surface area contributed by atoms with Gasteiger partial charge in [-0.25, -0.2) is 4.99 Å². The highest BCUT2D eigenvalue weighted by atomic mass is 35.5. The fraction of sp³-hybridized carbons (Fsp3) is 0.571. The summed E-state index contributed by atoms with van der Waals surface area (Å²) in [7, 11) is 3.88. The molecule has 0 spiro atoms. The maximum absolute atomic E-state index is 11.5. The number of aryl methyl sites for hydroxylation is 1. The zero-order valence-electron chi connectivity index (χ0n) is 13.1. The van der Waals surface area contributed by atoms with E-state index in [-0.39, 0.29) is 12.5 Å². The lowest BCUT2D eigenvalue weighted by atomic mass is 10.4. The lowest BCUT2D eigenvalue weighted by Gasteiger charge is -2.22. The predicted octanol–water partition coefficient (Wildman–Crippen LogP) is 1.21. The molecule has 1 heterocycles. The number of hydrogen-bond acceptors (Lipinski definition) is 2. The Labute approximate surface area is 131 Å². The fourth-order valence-corrected chi connectivity index (χ4v) is 2.18. The van der Waals surface area contributed by atoms with Crippen LogP contribution in [0.4, 0.5) is 0 Å². The summed E-state index contributed by atoms with van der Waals surface area (Å²) < 4.78 is 1.98. The van der Waals surface area contributed by atoms with Gasteiger partial charge in [-0.2, -0.15) is 0 Å². The Hall–Kier alpha value is -1.69. The van der Waals surface area contributed by atoms with E-state index in [1.165, 1.54) is 0 Å². The third kappa shape index (κ3) is 5.67. The third-order valence-corrected chi connectivity index (χ3v) is 3.12. The molecule has 1 amide bonds. The van der Waals surface area contributed by atoms with E-state index in [0.717, 1.165) is 12.2 Å². The number of aromatic nitrogens is 1. The number of carbonyl (C=O) groups excluding carboxylic acids is 1. The number of likely N-dealkylation sites (N-methyl/N-ethyl adjacent to an activating group) is 1. The molecule has 0 bridgehead atoms. The standard InChI is InChI=1S/C14H24ClN5O/c1-5-16-13(21)8-18-14(17-6-2)20(4)10-12-7-11(15)9-19(12)3/h7,9H,5-6,8,10H2,1-4H3,(H,16,21)(H,17,18). The highest BCUT2D eigenvalue weighted by Crippen LogP contribution is 2.14. The van der Waals surface area contributed by atoms with Gasteiger partial charge in [-0.05, 0) is 19.9 Å². The molecule has 0 aromatic carbocycles. The predicted molar refractivity (Wildman–Crippen MR) is 86.6 cm³/mol. The Morgan fingerprint density at radius 3 is 2.57 bits per heavy atom. The van der Waals surface area contributed by atoms with Gasteiger partial charge in [0.25, 0.3) is 0 Å². The van der Waals surface area contributed by atoms with E-state index >= 15 is 0 Å². The van der Waals surface area contributed by atoms with Gasteiger partial charge < -0.3 is 20.1 Å². The molecule has 6 nitrogen and oxygen atoms in total. The molecule has 0 aliphatic rings. The first-order valence-corrected chi connectivity index (χ1v) is 7.42. The van der Waals surface area contributed by atoms with Crippen LogP contribution in [0.3, 0.4) is 0 Å². The molecule has 1 aromatic heterocycles. The van der Waals surface area contributed by atoms with Gasteiger partial charge in [-0.15, -0.1) is 0 Å². The molecule has 0 atom stereocenters. The number of nitrogens with zero attached hydrogens (tertiary/aromatic N) is 3. The topological polar surface area (TPSA) is 61.7 Å². The van der Waals surface area contributed by atoms with Crippen molar-refractivity contribution in [2.75, 3.05) is 26.7 Å². The van der Waals surface area contributed by atoms with Gasteiger partial charge in [0.2, 0.25) is 5.91 Å². The monoisotopic (exact) mass is 313 g/mol.